The number of carboxylic acid groups (broad SMARTS) is 1. The third-order valence-corrected chi connectivity index (χ3v) is 3.06. The van der Waals surface area contributed by atoms with Crippen molar-refractivity contribution in [1.29, 1.82) is 0 Å². The van der Waals surface area contributed by atoms with Crippen LogP contribution >= 0.6 is 11.6 Å². The van der Waals surface area contributed by atoms with Gasteiger partial charge in [-0.2, -0.15) is 0 Å². The van der Waals surface area contributed by atoms with Crippen LogP contribution in [0, 0.1) is 0 Å². The number of aliphatic carboxylic acids is 1. The Balaban J connectivity index is 2.57. The number of halogens is 1. The van der Waals surface area contributed by atoms with E-state index in [1.165, 1.54) is 4.90 Å². The van der Waals surface area contributed by atoms with Gasteiger partial charge in [0.2, 0.25) is 0 Å². The normalized spacial score (nSPS) is 11.7. The Labute approximate surface area is 117 Å². The van der Waals surface area contributed by atoms with E-state index in [0.717, 1.165) is 5.56 Å². The molecule has 5 nitrogen and oxygen atoms in total. The van der Waals surface area contributed by atoms with Crippen molar-refractivity contribution in [1.82, 2.24) is 10.2 Å². The Morgan fingerprint density at radius 2 is 2.05 bits per heavy atom. The highest BCUT2D eigenvalue weighted by Crippen LogP contribution is 2.22. The minimum atomic E-state index is -0.932. The molecule has 0 aliphatic rings. The molecule has 19 heavy (non-hydrogen) atoms. The highest BCUT2D eigenvalue weighted by Gasteiger charge is 2.15. The summed E-state index contributed by atoms with van der Waals surface area (Å²) in [6.45, 7) is 1.99. The van der Waals surface area contributed by atoms with Crippen LogP contribution in [0.3, 0.4) is 0 Å². The van der Waals surface area contributed by atoms with Crippen LogP contribution in [0.15, 0.2) is 24.3 Å². The van der Waals surface area contributed by atoms with Crippen LogP contribution in [0.2, 0.25) is 5.02 Å². The number of amides is 2. The Kier molecular flexibility index (Phi) is 5.63. The van der Waals surface area contributed by atoms with Gasteiger partial charge in [-0.25, -0.2) is 4.79 Å². The third kappa shape index (κ3) is 4.79. The summed E-state index contributed by atoms with van der Waals surface area (Å²) >= 11 is 6.04. The van der Waals surface area contributed by atoms with Crippen molar-refractivity contribution in [2.75, 3.05) is 13.6 Å². The zero-order valence-electron chi connectivity index (χ0n) is 10.9. The number of carboxylic acids is 1. The molecule has 1 atom stereocenters. The van der Waals surface area contributed by atoms with Crippen LogP contribution in [0.25, 0.3) is 0 Å². The van der Waals surface area contributed by atoms with E-state index in [4.69, 9.17) is 16.7 Å². The third-order valence-electron chi connectivity index (χ3n) is 2.72. The van der Waals surface area contributed by atoms with Gasteiger partial charge < -0.3 is 15.3 Å². The van der Waals surface area contributed by atoms with Gasteiger partial charge in [0, 0.05) is 18.6 Å². The lowest BCUT2D eigenvalue weighted by molar-refractivity contribution is -0.137. The standard InChI is InChI=1S/C13H17ClN2O3/c1-9(10-5-3-4-6-11(10)14)15-13(19)16(2)8-7-12(17)18/h3-6,9H,7-8H2,1-2H3,(H,15,19)(H,17,18)/t9-/m1/s1. The molecule has 0 radical (unpaired) electrons. The van der Waals surface area contributed by atoms with E-state index in [1.54, 1.807) is 13.1 Å². The van der Waals surface area contributed by atoms with E-state index < -0.39 is 5.97 Å². The van der Waals surface area contributed by atoms with Gasteiger partial charge in [0.1, 0.15) is 0 Å². The van der Waals surface area contributed by atoms with E-state index in [2.05, 4.69) is 5.32 Å². The predicted molar refractivity (Wildman–Crippen MR) is 73.3 cm³/mol. The average Bonchev–Trinajstić information content (AvgIpc) is 2.36. The summed E-state index contributed by atoms with van der Waals surface area (Å²) in [5.74, 6) is -0.932. The van der Waals surface area contributed by atoms with Gasteiger partial charge in [-0.3, -0.25) is 4.79 Å². The molecular formula is C13H17ClN2O3. The first-order valence-electron chi connectivity index (χ1n) is 5.89. The average molecular weight is 285 g/mol. The monoisotopic (exact) mass is 284 g/mol. The van der Waals surface area contributed by atoms with Crippen LogP contribution < -0.4 is 5.32 Å². The van der Waals surface area contributed by atoms with Crippen molar-refractivity contribution in [3.05, 3.63) is 34.9 Å². The lowest BCUT2D eigenvalue weighted by Gasteiger charge is -2.21. The van der Waals surface area contributed by atoms with E-state index in [1.807, 2.05) is 25.1 Å². The number of rotatable bonds is 5. The molecule has 0 saturated carbocycles. The number of carbonyl (C=O) groups is 2. The zero-order valence-corrected chi connectivity index (χ0v) is 11.6. The lowest BCUT2D eigenvalue weighted by Crippen LogP contribution is -2.39. The molecule has 1 aromatic rings. The minimum Gasteiger partial charge on any atom is -0.481 e. The van der Waals surface area contributed by atoms with Crippen molar-refractivity contribution in [3.63, 3.8) is 0 Å². The molecule has 0 heterocycles. The van der Waals surface area contributed by atoms with E-state index in [-0.39, 0.29) is 25.0 Å². The maximum absolute atomic E-state index is 11.8. The van der Waals surface area contributed by atoms with Crippen LogP contribution in [0.5, 0.6) is 0 Å². The summed E-state index contributed by atoms with van der Waals surface area (Å²) in [5.41, 5.74) is 0.823. The van der Waals surface area contributed by atoms with Gasteiger partial charge in [-0.15, -0.1) is 0 Å². The molecule has 1 rings (SSSR count). The van der Waals surface area contributed by atoms with Gasteiger partial charge in [-0.05, 0) is 18.6 Å². The van der Waals surface area contributed by atoms with E-state index in [9.17, 15) is 9.59 Å². The van der Waals surface area contributed by atoms with Gasteiger partial charge in [0.25, 0.3) is 0 Å². The molecule has 2 amide bonds. The number of hydrogen-bond donors (Lipinski definition) is 2. The lowest BCUT2D eigenvalue weighted by atomic mass is 10.1. The molecule has 6 heteroatoms. The molecule has 0 fully saturated rings. The van der Waals surface area contributed by atoms with Gasteiger partial charge in [0.15, 0.2) is 0 Å². The van der Waals surface area contributed by atoms with E-state index >= 15 is 0 Å². The zero-order chi connectivity index (χ0) is 14.4. The first-order chi connectivity index (χ1) is 8.91. The topological polar surface area (TPSA) is 69.6 Å². The predicted octanol–water partition coefficient (Wildman–Crippen LogP) is 2.52. The summed E-state index contributed by atoms with van der Waals surface area (Å²) in [5, 5.41) is 11.9. The Morgan fingerprint density at radius 3 is 2.63 bits per heavy atom. The highest BCUT2D eigenvalue weighted by molar-refractivity contribution is 6.31. The Hall–Kier alpha value is -1.75. The van der Waals surface area contributed by atoms with Gasteiger partial charge in [-0.1, -0.05) is 29.8 Å². The van der Waals surface area contributed by atoms with Crippen molar-refractivity contribution in [2.45, 2.75) is 19.4 Å². The maximum Gasteiger partial charge on any atom is 0.317 e. The number of carbonyl (C=O) groups excluding carboxylic acids is 1. The number of urea groups is 1. The molecule has 104 valence electrons. The van der Waals surface area contributed by atoms with Crippen LogP contribution in [0.1, 0.15) is 24.9 Å². The summed E-state index contributed by atoms with van der Waals surface area (Å²) < 4.78 is 0. The second kappa shape index (κ2) is 6.99. The van der Waals surface area contributed by atoms with Gasteiger partial charge >= 0.3 is 12.0 Å². The van der Waals surface area contributed by atoms with Crippen molar-refractivity contribution in [3.8, 4) is 0 Å². The fraction of sp³-hybridized carbons (Fsp3) is 0.385. The van der Waals surface area contributed by atoms with Crippen molar-refractivity contribution in [2.24, 2.45) is 0 Å². The molecule has 0 aliphatic heterocycles. The molecule has 0 saturated heterocycles. The maximum atomic E-state index is 11.8. The quantitative estimate of drug-likeness (QED) is 0.873. The Morgan fingerprint density at radius 1 is 1.42 bits per heavy atom. The van der Waals surface area contributed by atoms with Crippen LogP contribution in [-0.4, -0.2) is 35.6 Å². The second-order valence-electron chi connectivity index (χ2n) is 4.26. The molecule has 0 aromatic heterocycles. The number of benzene rings is 1. The first kappa shape index (κ1) is 15.3. The molecule has 0 aliphatic carbocycles. The van der Waals surface area contributed by atoms with E-state index in [0.29, 0.717) is 5.02 Å². The molecule has 1 aromatic carbocycles. The first-order valence-corrected chi connectivity index (χ1v) is 6.27. The van der Waals surface area contributed by atoms with Crippen molar-refractivity contribution < 1.29 is 14.7 Å². The second-order valence-corrected chi connectivity index (χ2v) is 4.67. The van der Waals surface area contributed by atoms with Crippen LogP contribution in [-0.2, 0) is 4.79 Å². The van der Waals surface area contributed by atoms with Crippen molar-refractivity contribution >= 4 is 23.6 Å². The SMILES string of the molecule is C[C@@H](NC(=O)N(C)CCC(=O)O)c1ccccc1Cl. The minimum absolute atomic E-state index is 0.0790. The summed E-state index contributed by atoms with van der Waals surface area (Å²) in [6, 6.07) is 6.69. The largest absolute Gasteiger partial charge is 0.481 e. The van der Waals surface area contributed by atoms with Gasteiger partial charge in [0.05, 0.1) is 12.5 Å². The number of nitrogens with one attached hydrogen (secondary N) is 1. The number of hydrogen-bond acceptors (Lipinski definition) is 2. The summed E-state index contributed by atoms with van der Waals surface area (Å²) in [6.07, 6.45) is -0.0790. The molecule has 2 N–H and O–H groups in total. The number of nitrogens with zero attached hydrogens (tertiary/aromatic N) is 1. The smallest absolute Gasteiger partial charge is 0.317 e. The van der Waals surface area contributed by atoms with Crippen LogP contribution in [0.4, 0.5) is 4.79 Å². The molecule has 0 bridgehead atoms. The summed E-state index contributed by atoms with van der Waals surface area (Å²) in [7, 11) is 1.55. The molecule has 0 unspecified atom stereocenters. The summed E-state index contributed by atoms with van der Waals surface area (Å²) in [4.78, 5) is 23.6. The molecule has 0 spiro atoms. The molecular weight excluding hydrogens is 268 g/mol. The fourth-order valence-corrected chi connectivity index (χ4v) is 1.86. The fourth-order valence-electron chi connectivity index (χ4n) is 1.56. The highest BCUT2D eigenvalue weighted by atomic mass is 35.5. The Bertz CT molecular complexity index is 465.